The predicted octanol–water partition coefficient (Wildman–Crippen LogP) is 2.01. The second-order valence-electron chi connectivity index (χ2n) is 4.13. The van der Waals surface area contributed by atoms with Crippen molar-refractivity contribution in [3.63, 3.8) is 0 Å². The van der Waals surface area contributed by atoms with Crippen molar-refractivity contribution >= 4 is 11.6 Å². The number of amides is 1. The number of hydrogen-bond donors (Lipinski definition) is 2. The number of carbonyl (C=O) groups is 1. The first-order valence-electron chi connectivity index (χ1n) is 5.70. The summed E-state index contributed by atoms with van der Waals surface area (Å²) in [5.41, 5.74) is 1.25. The SMILES string of the molecule is Cc1ccc(NC(=O)COc2cc(C)on2)c(O)c1. The van der Waals surface area contributed by atoms with Crippen molar-refractivity contribution in [2.45, 2.75) is 13.8 Å². The lowest BCUT2D eigenvalue weighted by Gasteiger charge is -2.07. The topological polar surface area (TPSA) is 84.6 Å². The van der Waals surface area contributed by atoms with Gasteiger partial charge in [-0.3, -0.25) is 4.79 Å². The molecule has 0 unspecified atom stereocenters. The molecule has 0 aliphatic carbocycles. The Hall–Kier alpha value is -2.50. The molecule has 100 valence electrons. The number of rotatable bonds is 4. The van der Waals surface area contributed by atoms with Gasteiger partial charge in [0, 0.05) is 6.07 Å². The van der Waals surface area contributed by atoms with Gasteiger partial charge in [-0.15, -0.1) is 0 Å². The first-order valence-corrected chi connectivity index (χ1v) is 5.70. The number of aryl methyl sites for hydroxylation is 2. The van der Waals surface area contributed by atoms with Crippen molar-refractivity contribution in [2.24, 2.45) is 0 Å². The summed E-state index contributed by atoms with van der Waals surface area (Å²) in [5, 5.41) is 15.8. The highest BCUT2D eigenvalue weighted by Crippen LogP contribution is 2.23. The number of aromatic hydroxyl groups is 1. The fraction of sp³-hybridized carbons (Fsp3) is 0.231. The average molecular weight is 262 g/mol. The number of ether oxygens (including phenoxy) is 1. The van der Waals surface area contributed by atoms with E-state index < -0.39 is 0 Å². The summed E-state index contributed by atoms with van der Waals surface area (Å²) in [6.45, 7) is 3.37. The molecule has 1 heterocycles. The number of carbonyl (C=O) groups excluding carboxylic acids is 1. The molecule has 0 fully saturated rings. The van der Waals surface area contributed by atoms with Gasteiger partial charge in [0.15, 0.2) is 6.61 Å². The zero-order valence-electron chi connectivity index (χ0n) is 10.6. The van der Waals surface area contributed by atoms with Crippen LogP contribution in [0.5, 0.6) is 11.6 Å². The smallest absolute Gasteiger partial charge is 0.262 e. The number of aromatic nitrogens is 1. The minimum absolute atomic E-state index is 0.0191. The van der Waals surface area contributed by atoms with Crippen LogP contribution in [-0.2, 0) is 4.79 Å². The van der Waals surface area contributed by atoms with Crippen LogP contribution in [-0.4, -0.2) is 22.8 Å². The molecule has 0 bridgehead atoms. The zero-order valence-corrected chi connectivity index (χ0v) is 10.6. The van der Waals surface area contributed by atoms with Gasteiger partial charge in [-0.2, -0.15) is 0 Å². The molecule has 2 rings (SSSR count). The number of anilines is 1. The molecule has 2 aromatic rings. The third kappa shape index (κ3) is 3.48. The fourth-order valence-electron chi connectivity index (χ4n) is 1.48. The molecule has 19 heavy (non-hydrogen) atoms. The quantitative estimate of drug-likeness (QED) is 0.823. The molecule has 6 heteroatoms. The predicted molar refractivity (Wildman–Crippen MR) is 68.2 cm³/mol. The van der Waals surface area contributed by atoms with Crippen LogP contribution in [0.3, 0.4) is 0 Å². The summed E-state index contributed by atoms with van der Waals surface area (Å²) in [6.07, 6.45) is 0. The van der Waals surface area contributed by atoms with Crippen LogP contribution in [0, 0.1) is 13.8 Å². The van der Waals surface area contributed by atoms with Crippen molar-refractivity contribution in [1.29, 1.82) is 0 Å². The van der Waals surface area contributed by atoms with Crippen LogP contribution in [0.15, 0.2) is 28.8 Å². The molecule has 6 nitrogen and oxygen atoms in total. The highest BCUT2D eigenvalue weighted by molar-refractivity contribution is 5.93. The maximum atomic E-state index is 11.6. The van der Waals surface area contributed by atoms with Gasteiger partial charge in [-0.25, -0.2) is 0 Å². The van der Waals surface area contributed by atoms with Gasteiger partial charge in [0.25, 0.3) is 11.8 Å². The molecule has 0 saturated heterocycles. The van der Waals surface area contributed by atoms with Gasteiger partial charge in [0.2, 0.25) is 0 Å². The molecule has 0 radical (unpaired) electrons. The first kappa shape index (κ1) is 12.9. The lowest BCUT2D eigenvalue weighted by Crippen LogP contribution is -2.20. The van der Waals surface area contributed by atoms with E-state index in [1.54, 1.807) is 31.2 Å². The lowest BCUT2D eigenvalue weighted by atomic mass is 10.2. The van der Waals surface area contributed by atoms with Crippen LogP contribution in [0.25, 0.3) is 0 Å². The summed E-state index contributed by atoms with van der Waals surface area (Å²) >= 11 is 0. The average Bonchev–Trinajstić information content (AvgIpc) is 2.76. The number of hydrogen-bond acceptors (Lipinski definition) is 5. The maximum absolute atomic E-state index is 11.6. The number of nitrogens with zero attached hydrogens (tertiary/aromatic N) is 1. The molecule has 1 aromatic heterocycles. The second-order valence-corrected chi connectivity index (χ2v) is 4.13. The van der Waals surface area contributed by atoms with Crippen molar-refractivity contribution in [1.82, 2.24) is 5.16 Å². The fourth-order valence-corrected chi connectivity index (χ4v) is 1.48. The van der Waals surface area contributed by atoms with E-state index in [-0.39, 0.29) is 24.1 Å². The number of nitrogens with one attached hydrogen (secondary N) is 1. The van der Waals surface area contributed by atoms with Gasteiger partial charge < -0.3 is 19.7 Å². The number of benzene rings is 1. The minimum atomic E-state index is -0.389. The van der Waals surface area contributed by atoms with Crippen molar-refractivity contribution in [2.75, 3.05) is 11.9 Å². The van der Waals surface area contributed by atoms with Crippen LogP contribution >= 0.6 is 0 Å². The van der Waals surface area contributed by atoms with Crippen LogP contribution in [0.4, 0.5) is 5.69 Å². The Morgan fingerprint density at radius 1 is 1.42 bits per heavy atom. The Morgan fingerprint density at radius 3 is 2.84 bits per heavy atom. The third-order valence-corrected chi connectivity index (χ3v) is 2.38. The van der Waals surface area contributed by atoms with Gasteiger partial charge >= 0.3 is 0 Å². The Balaban J connectivity index is 1.90. The van der Waals surface area contributed by atoms with E-state index in [1.165, 1.54) is 0 Å². The van der Waals surface area contributed by atoms with Gasteiger partial charge in [0.1, 0.15) is 11.5 Å². The van der Waals surface area contributed by atoms with Crippen LogP contribution < -0.4 is 10.1 Å². The van der Waals surface area contributed by atoms with Crippen LogP contribution in [0.2, 0.25) is 0 Å². The largest absolute Gasteiger partial charge is 0.506 e. The van der Waals surface area contributed by atoms with Gasteiger partial charge in [-0.1, -0.05) is 6.07 Å². The van der Waals surface area contributed by atoms with E-state index in [9.17, 15) is 9.90 Å². The highest BCUT2D eigenvalue weighted by Gasteiger charge is 2.09. The summed E-state index contributed by atoms with van der Waals surface area (Å²) in [4.78, 5) is 11.6. The molecule has 2 N–H and O–H groups in total. The summed E-state index contributed by atoms with van der Waals surface area (Å²) in [5.74, 6) is 0.484. The monoisotopic (exact) mass is 262 g/mol. The summed E-state index contributed by atoms with van der Waals surface area (Å²) in [6, 6.07) is 6.56. The Kier molecular flexibility index (Phi) is 3.70. The Labute approximate surface area is 110 Å². The highest BCUT2D eigenvalue weighted by atomic mass is 16.5. The second kappa shape index (κ2) is 5.43. The van der Waals surface area contributed by atoms with E-state index in [0.717, 1.165) is 5.56 Å². The van der Waals surface area contributed by atoms with Crippen molar-refractivity contribution < 1.29 is 19.2 Å². The normalized spacial score (nSPS) is 10.2. The molecule has 0 aliphatic heterocycles. The van der Waals surface area contributed by atoms with E-state index in [2.05, 4.69) is 10.5 Å². The molecule has 1 aromatic carbocycles. The van der Waals surface area contributed by atoms with Crippen molar-refractivity contribution in [3.05, 3.63) is 35.6 Å². The van der Waals surface area contributed by atoms with Crippen molar-refractivity contribution in [3.8, 4) is 11.6 Å². The van der Waals surface area contributed by atoms with Gasteiger partial charge in [-0.05, 0) is 36.7 Å². The molecular weight excluding hydrogens is 248 g/mol. The summed E-state index contributed by atoms with van der Waals surface area (Å²) in [7, 11) is 0. The molecule has 0 saturated carbocycles. The molecule has 0 aliphatic rings. The molecule has 0 atom stereocenters. The van der Waals surface area contributed by atoms with E-state index in [1.807, 2.05) is 6.92 Å². The molecule has 0 spiro atoms. The zero-order chi connectivity index (χ0) is 13.8. The van der Waals surface area contributed by atoms with Gasteiger partial charge in [0.05, 0.1) is 5.69 Å². The minimum Gasteiger partial charge on any atom is -0.506 e. The molecule has 1 amide bonds. The Morgan fingerprint density at radius 2 is 2.21 bits per heavy atom. The lowest BCUT2D eigenvalue weighted by molar-refractivity contribution is -0.118. The van der Waals surface area contributed by atoms with Crippen LogP contribution in [0.1, 0.15) is 11.3 Å². The Bertz CT molecular complexity index is 592. The maximum Gasteiger partial charge on any atom is 0.262 e. The standard InChI is InChI=1S/C13H14N2O4/c1-8-3-4-10(11(16)5-8)14-12(17)7-18-13-6-9(2)19-15-13/h3-6,16H,7H2,1-2H3,(H,14,17). The number of phenolic OH excluding ortho intramolecular Hbond substituents is 1. The number of phenols is 1. The van der Waals surface area contributed by atoms with E-state index in [4.69, 9.17) is 9.26 Å². The van der Waals surface area contributed by atoms with E-state index in [0.29, 0.717) is 11.4 Å². The third-order valence-electron chi connectivity index (χ3n) is 2.38. The molecular formula is C13H14N2O4. The summed E-state index contributed by atoms with van der Waals surface area (Å²) < 4.78 is 9.93. The first-order chi connectivity index (χ1) is 9.04. The van der Waals surface area contributed by atoms with E-state index >= 15 is 0 Å².